The van der Waals surface area contributed by atoms with Crippen LogP contribution in [0.4, 0.5) is 11.5 Å². The highest BCUT2D eigenvalue weighted by Crippen LogP contribution is 2.25. The highest BCUT2D eigenvalue weighted by molar-refractivity contribution is 6.08. The van der Waals surface area contributed by atoms with Gasteiger partial charge in [0.1, 0.15) is 5.82 Å². The number of rotatable bonds is 4. The number of nitrogens with zero attached hydrogens (tertiary/aromatic N) is 3. The molecule has 1 unspecified atom stereocenters. The van der Waals surface area contributed by atoms with Crippen LogP contribution in [0.25, 0.3) is 0 Å². The summed E-state index contributed by atoms with van der Waals surface area (Å²) < 4.78 is 0. The number of pyridine rings is 1. The molecule has 2 amide bonds. The lowest BCUT2D eigenvalue weighted by Gasteiger charge is -2.33. The average molecular weight is 421 g/mol. The van der Waals surface area contributed by atoms with Crippen molar-refractivity contribution in [2.24, 2.45) is 0 Å². The number of piperidine rings is 2. The molecule has 31 heavy (non-hydrogen) atoms. The first-order valence-corrected chi connectivity index (χ1v) is 11.5. The maximum atomic E-state index is 13.1. The van der Waals surface area contributed by atoms with Crippen molar-refractivity contribution in [3.05, 3.63) is 53.2 Å². The number of nitrogens with one attached hydrogen (secondary N) is 1. The molecule has 2 fully saturated rings. The summed E-state index contributed by atoms with van der Waals surface area (Å²) in [6.45, 7) is 6.73. The van der Waals surface area contributed by atoms with Gasteiger partial charge in [-0.2, -0.15) is 0 Å². The van der Waals surface area contributed by atoms with Gasteiger partial charge in [0.2, 0.25) is 0 Å². The summed E-state index contributed by atoms with van der Waals surface area (Å²) in [7, 11) is 0. The molecular weight excluding hydrogens is 388 g/mol. The Morgan fingerprint density at radius 1 is 1.03 bits per heavy atom. The van der Waals surface area contributed by atoms with E-state index < -0.39 is 0 Å². The Morgan fingerprint density at radius 2 is 1.81 bits per heavy atom. The zero-order valence-electron chi connectivity index (χ0n) is 18.6. The number of aryl methyl sites for hydroxylation is 1. The molecule has 0 bridgehead atoms. The standard InChI is InChI=1S/C25H32N4O2/c1-18-17-20(25(31)29-16-7-4-9-19(29)2)11-12-22(18)27-24(30)21-10-8-13-26-23(21)28-14-5-3-6-15-28/h8,10-13,17,19H,3-7,9,14-16H2,1-2H3,(H,27,30). The van der Waals surface area contributed by atoms with E-state index in [1.807, 2.05) is 36.1 Å². The van der Waals surface area contributed by atoms with Crippen LogP contribution in [0.15, 0.2) is 36.5 Å². The minimum absolute atomic E-state index is 0.0767. The number of hydrogen-bond donors (Lipinski definition) is 1. The Hall–Kier alpha value is -2.89. The number of carbonyl (C=O) groups is 2. The first kappa shape index (κ1) is 21.3. The minimum Gasteiger partial charge on any atom is -0.356 e. The lowest BCUT2D eigenvalue weighted by Crippen LogP contribution is -2.42. The number of anilines is 2. The van der Waals surface area contributed by atoms with Gasteiger partial charge >= 0.3 is 0 Å². The summed E-state index contributed by atoms with van der Waals surface area (Å²) in [6.07, 6.45) is 8.53. The van der Waals surface area contributed by atoms with Crippen molar-refractivity contribution in [3.63, 3.8) is 0 Å². The van der Waals surface area contributed by atoms with Crippen LogP contribution in [0.2, 0.25) is 0 Å². The third-order valence-electron chi connectivity index (χ3n) is 6.47. The van der Waals surface area contributed by atoms with Gasteiger partial charge in [0, 0.05) is 43.1 Å². The summed E-state index contributed by atoms with van der Waals surface area (Å²) in [5, 5.41) is 3.03. The van der Waals surface area contributed by atoms with Crippen molar-refractivity contribution in [3.8, 4) is 0 Å². The molecule has 2 aromatic rings. The fourth-order valence-electron chi connectivity index (χ4n) is 4.62. The van der Waals surface area contributed by atoms with Gasteiger partial charge in [0.15, 0.2) is 0 Å². The summed E-state index contributed by atoms with van der Waals surface area (Å²) in [6, 6.07) is 9.45. The van der Waals surface area contributed by atoms with Gasteiger partial charge in [0.25, 0.3) is 11.8 Å². The van der Waals surface area contributed by atoms with Gasteiger partial charge in [-0.05, 0) is 88.3 Å². The molecule has 1 aromatic carbocycles. The van der Waals surface area contributed by atoms with E-state index in [1.165, 1.54) is 12.8 Å². The van der Waals surface area contributed by atoms with Crippen molar-refractivity contribution in [1.82, 2.24) is 9.88 Å². The number of likely N-dealkylation sites (tertiary alicyclic amines) is 1. The third-order valence-corrected chi connectivity index (χ3v) is 6.47. The average Bonchev–Trinajstić information content (AvgIpc) is 2.81. The second-order valence-corrected chi connectivity index (χ2v) is 8.75. The Bertz CT molecular complexity index is 952. The summed E-state index contributed by atoms with van der Waals surface area (Å²) >= 11 is 0. The number of aromatic nitrogens is 1. The van der Waals surface area contributed by atoms with Crippen molar-refractivity contribution < 1.29 is 9.59 Å². The lowest BCUT2D eigenvalue weighted by molar-refractivity contribution is 0.0635. The van der Waals surface area contributed by atoms with Crippen LogP contribution < -0.4 is 10.2 Å². The Labute approximate surface area is 184 Å². The molecule has 2 saturated heterocycles. The molecular formula is C25H32N4O2. The van der Waals surface area contributed by atoms with Crippen molar-refractivity contribution >= 4 is 23.3 Å². The highest BCUT2D eigenvalue weighted by atomic mass is 16.2. The first-order chi connectivity index (χ1) is 15.0. The van der Waals surface area contributed by atoms with Gasteiger partial charge in [-0.1, -0.05) is 0 Å². The molecule has 0 saturated carbocycles. The van der Waals surface area contributed by atoms with Crippen molar-refractivity contribution in [2.45, 2.75) is 58.4 Å². The maximum Gasteiger partial charge on any atom is 0.259 e. The van der Waals surface area contributed by atoms with Crippen LogP contribution in [-0.2, 0) is 0 Å². The van der Waals surface area contributed by atoms with E-state index >= 15 is 0 Å². The van der Waals surface area contributed by atoms with E-state index in [-0.39, 0.29) is 17.9 Å². The molecule has 1 N–H and O–H groups in total. The van der Waals surface area contributed by atoms with Crippen molar-refractivity contribution in [1.29, 1.82) is 0 Å². The molecule has 0 aliphatic carbocycles. The smallest absolute Gasteiger partial charge is 0.259 e. The predicted molar refractivity (Wildman–Crippen MR) is 124 cm³/mol. The number of benzene rings is 1. The van der Waals surface area contributed by atoms with Crippen LogP contribution in [0.3, 0.4) is 0 Å². The summed E-state index contributed by atoms with van der Waals surface area (Å²) in [4.78, 5) is 34.7. The third kappa shape index (κ3) is 4.73. The van der Waals surface area contributed by atoms with Crippen LogP contribution >= 0.6 is 0 Å². The molecule has 164 valence electrons. The topological polar surface area (TPSA) is 65.5 Å². The van der Waals surface area contributed by atoms with E-state index in [1.54, 1.807) is 12.3 Å². The second kappa shape index (κ2) is 9.50. The van der Waals surface area contributed by atoms with E-state index in [0.717, 1.165) is 62.4 Å². The zero-order valence-corrected chi connectivity index (χ0v) is 18.6. The number of carbonyl (C=O) groups excluding carboxylic acids is 2. The molecule has 6 heteroatoms. The van der Waals surface area contributed by atoms with Gasteiger partial charge in [-0.25, -0.2) is 4.98 Å². The normalized spacial score (nSPS) is 19.2. The van der Waals surface area contributed by atoms with Gasteiger partial charge in [-0.3, -0.25) is 9.59 Å². The fourth-order valence-corrected chi connectivity index (χ4v) is 4.62. The monoisotopic (exact) mass is 420 g/mol. The predicted octanol–water partition coefficient (Wildman–Crippen LogP) is 4.65. The fraction of sp³-hybridized carbons (Fsp3) is 0.480. The van der Waals surface area contributed by atoms with E-state index in [0.29, 0.717) is 11.1 Å². The Kier molecular flexibility index (Phi) is 6.54. The Balaban J connectivity index is 1.50. The SMILES string of the molecule is Cc1cc(C(=O)N2CCCCC2C)ccc1NC(=O)c1cccnc1N1CCCCC1. The van der Waals surface area contributed by atoms with Crippen LogP contribution in [-0.4, -0.2) is 47.4 Å². The maximum absolute atomic E-state index is 13.1. The molecule has 2 aliphatic heterocycles. The lowest BCUT2D eigenvalue weighted by atomic mass is 10.0. The summed E-state index contributed by atoms with van der Waals surface area (Å²) in [5.41, 5.74) is 2.87. The molecule has 1 aromatic heterocycles. The molecule has 4 rings (SSSR count). The summed E-state index contributed by atoms with van der Waals surface area (Å²) in [5.74, 6) is 0.663. The number of hydrogen-bond acceptors (Lipinski definition) is 4. The van der Waals surface area contributed by atoms with Gasteiger partial charge in [-0.15, -0.1) is 0 Å². The second-order valence-electron chi connectivity index (χ2n) is 8.75. The van der Waals surface area contributed by atoms with Crippen LogP contribution in [0, 0.1) is 6.92 Å². The Morgan fingerprint density at radius 3 is 2.55 bits per heavy atom. The zero-order chi connectivity index (χ0) is 21.8. The van der Waals surface area contributed by atoms with E-state index in [4.69, 9.17) is 0 Å². The molecule has 0 radical (unpaired) electrons. The van der Waals surface area contributed by atoms with E-state index in [9.17, 15) is 9.59 Å². The molecule has 3 heterocycles. The molecule has 2 aliphatic rings. The van der Waals surface area contributed by atoms with Gasteiger partial charge in [0.05, 0.1) is 5.56 Å². The highest BCUT2D eigenvalue weighted by Gasteiger charge is 2.25. The first-order valence-electron chi connectivity index (χ1n) is 11.5. The molecule has 6 nitrogen and oxygen atoms in total. The van der Waals surface area contributed by atoms with Crippen LogP contribution in [0.5, 0.6) is 0 Å². The molecule has 1 atom stereocenters. The largest absolute Gasteiger partial charge is 0.356 e. The molecule has 0 spiro atoms. The van der Waals surface area contributed by atoms with Crippen LogP contribution in [0.1, 0.15) is 71.7 Å². The van der Waals surface area contributed by atoms with E-state index in [2.05, 4.69) is 22.1 Å². The van der Waals surface area contributed by atoms with Crippen molar-refractivity contribution in [2.75, 3.05) is 29.9 Å². The minimum atomic E-state index is -0.166. The quantitative estimate of drug-likeness (QED) is 0.782. The number of amides is 2. The van der Waals surface area contributed by atoms with Gasteiger partial charge < -0.3 is 15.1 Å².